The fraction of sp³-hybridized carbons (Fsp3) is 0.538. The number of hydrogen-bond acceptors (Lipinski definition) is 4. The van der Waals surface area contributed by atoms with Crippen molar-refractivity contribution in [3.63, 3.8) is 0 Å². The molecule has 7 heteroatoms. The van der Waals surface area contributed by atoms with Crippen LogP contribution in [0.4, 0.5) is 5.69 Å². The first kappa shape index (κ1) is 15.1. The first-order valence-corrected chi connectivity index (χ1v) is 8.11. The highest BCUT2D eigenvalue weighted by Gasteiger charge is 2.28. The summed E-state index contributed by atoms with van der Waals surface area (Å²) in [6.07, 6.45) is 1.84. The molecule has 0 radical (unpaired) electrons. The number of hydrogen-bond donors (Lipinski definition) is 2. The number of rotatable bonds is 5. The van der Waals surface area contributed by atoms with E-state index in [-0.39, 0.29) is 5.92 Å². The van der Waals surface area contributed by atoms with Gasteiger partial charge in [0.1, 0.15) is 5.75 Å². The van der Waals surface area contributed by atoms with Crippen LogP contribution in [0.1, 0.15) is 12.8 Å². The van der Waals surface area contributed by atoms with Gasteiger partial charge in [0.05, 0.1) is 12.8 Å². The van der Waals surface area contributed by atoms with E-state index in [0.29, 0.717) is 31.1 Å². The molecule has 1 aliphatic heterocycles. The molecular weight excluding hydrogens is 278 g/mol. The number of ether oxygens (including phenoxy) is 1. The molecule has 0 saturated carbocycles. The smallest absolute Gasteiger partial charge is 0.301 e. The highest BCUT2D eigenvalue weighted by atomic mass is 32.2. The van der Waals surface area contributed by atoms with Gasteiger partial charge in [0, 0.05) is 19.2 Å². The molecule has 3 N–H and O–H groups in total. The normalized spacial score (nSPS) is 20.6. The zero-order valence-electron chi connectivity index (χ0n) is 11.6. The van der Waals surface area contributed by atoms with Crippen LogP contribution in [-0.4, -0.2) is 39.5 Å². The maximum atomic E-state index is 12.3. The minimum atomic E-state index is -3.53. The number of piperidine rings is 1. The van der Waals surface area contributed by atoms with Gasteiger partial charge in [-0.25, -0.2) is 0 Å². The molecule has 0 bridgehead atoms. The average Bonchev–Trinajstić information content (AvgIpc) is 2.47. The van der Waals surface area contributed by atoms with Gasteiger partial charge in [0.15, 0.2) is 0 Å². The Morgan fingerprint density at radius 3 is 3.00 bits per heavy atom. The molecule has 1 atom stereocenters. The second-order valence-electron chi connectivity index (χ2n) is 4.94. The number of methoxy groups -OCH3 is 1. The Balaban J connectivity index is 2.10. The van der Waals surface area contributed by atoms with E-state index in [4.69, 9.17) is 10.5 Å². The summed E-state index contributed by atoms with van der Waals surface area (Å²) in [5.41, 5.74) is 6.14. The third kappa shape index (κ3) is 3.62. The summed E-state index contributed by atoms with van der Waals surface area (Å²) in [4.78, 5) is 0. The molecule has 0 aromatic heterocycles. The van der Waals surface area contributed by atoms with Gasteiger partial charge in [-0.3, -0.25) is 4.72 Å². The van der Waals surface area contributed by atoms with Crippen LogP contribution in [0.3, 0.4) is 0 Å². The highest BCUT2D eigenvalue weighted by molar-refractivity contribution is 7.90. The first-order chi connectivity index (χ1) is 9.55. The van der Waals surface area contributed by atoms with Crippen molar-refractivity contribution >= 4 is 15.9 Å². The Labute approximate surface area is 120 Å². The summed E-state index contributed by atoms with van der Waals surface area (Å²) in [6, 6.07) is 6.87. The Hall–Kier alpha value is -1.31. The van der Waals surface area contributed by atoms with Crippen LogP contribution >= 0.6 is 0 Å². The molecule has 112 valence electrons. The quantitative estimate of drug-likeness (QED) is 0.850. The van der Waals surface area contributed by atoms with Crippen molar-refractivity contribution in [2.75, 3.05) is 31.5 Å². The number of anilines is 1. The summed E-state index contributed by atoms with van der Waals surface area (Å²) in [5, 5.41) is 0. The van der Waals surface area contributed by atoms with E-state index in [2.05, 4.69) is 4.72 Å². The zero-order chi connectivity index (χ0) is 14.6. The molecule has 0 aliphatic carbocycles. The third-order valence-electron chi connectivity index (χ3n) is 3.47. The standard InChI is InChI=1S/C13H21N3O3S/c1-19-13-6-2-5-12(8-13)15-20(17,18)16-7-3-4-11(9-14)10-16/h2,5-6,8,11,15H,3-4,7,9-10,14H2,1H3. The molecule has 2 rings (SSSR count). The SMILES string of the molecule is COc1cccc(NS(=O)(=O)N2CCCC(CN)C2)c1. The molecule has 20 heavy (non-hydrogen) atoms. The molecule has 1 heterocycles. The van der Waals surface area contributed by atoms with Gasteiger partial charge >= 0.3 is 10.2 Å². The van der Waals surface area contributed by atoms with Crippen molar-refractivity contribution in [2.24, 2.45) is 11.7 Å². The number of nitrogens with one attached hydrogen (secondary N) is 1. The Kier molecular flexibility index (Phi) is 4.85. The van der Waals surface area contributed by atoms with Gasteiger partial charge < -0.3 is 10.5 Å². The lowest BCUT2D eigenvalue weighted by Gasteiger charge is -2.31. The fourth-order valence-corrected chi connectivity index (χ4v) is 3.67. The van der Waals surface area contributed by atoms with E-state index in [0.717, 1.165) is 12.8 Å². The van der Waals surface area contributed by atoms with E-state index in [9.17, 15) is 8.42 Å². The minimum Gasteiger partial charge on any atom is -0.497 e. The van der Waals surface area contributed by atoms with Gasteiger partial charge in [0.25, 0.3) is 0 Å². The Morgan fingerprint density at radius 2 is 2.30 bits per heavy atom. The molecule has 1 unspecified atom stereocenters. The third-order valence-corrected chi connectivity index (χ3v) is 4.98. The molecule has 1 aromatic rings. The van der Waals surface area contributed by atoms with Crippen LogP contribution in [-0.2, 0) is 10.2 Å². The van der Waals surface area contributed by atoms with Gasteiger partial charge in [-0.2, -0.15) is 12.7 Å². The van der Waals surface area contributed by atoms with Crippen molar-refractivity contribution in [1.29, 1.82) is 0 Å². The largest absolute Gasteiger partial charge is 0.497 e. The van der Waals surface area contributed by atoms with Crippen molar-refractivity contribution in [2.45, 2.75) is 12.8 Å². The highest BCUT2D eigenvalue weighted by Crippen LogP contribution is 2.22. The zero-order valence-corrected chi connectivity index (χ0v) is 12.4. The molecular formula is C13H21N3O3S. The summed E-state index contributed by atoms with van der Waals surface area (Å²) >= 11 is 0. The second-order valence-corrected chi connectivity index (χ2v) is 6.61. The van der Waals surface area contributed by atoms with E-state index >= 15 is 0 Å². The molecule has 1 saturated heterocycles. The fourth-order valence-electron chi connectivity index (χ4n) is 2.34. The van der Waals surface area contributed by atoms with Crippen LogP contribution in [0.25, 0.3) is 0 Å². The van der Waals surface area contributed by atoms with E-state index < -0.39 is 10.2 Å². The summed E-state index contributed by atoms with van der Waals surface area (Å²) in [7, 11) is -1.99. The molecule has 0 amide bonds. The lowest BCUT2D eigenvalue weighted by molar-refractivity contribution is 0.273. The van der Waals surface area contributed by atoms with E-state index in [1.54, 1.807) is 31.4 Å². The van der Waals surface area contributed by atoms with Gasteiger partial charge in [-0.15, -0.1) is 0 Å². The molecule has 1 fully saturated rings. The van der Waals surface area contributed by atoms with Crippen LogP contribution in [0, 0.1) is 5.92 Å². The molecule has 0 spiro atoms. The average molecular weight is 299 g/mol. The van der Waals surface area contributed by atoms with Gasteiger partial charge in [0.2, 0.25) is 0 Å². The Morgan fingerprint density at radius 1 is 1.50 bits per heavy atom. The minimum absolute atomic E-state index is 0.241. The topological polar surface area (TPSA) is 84.7 Å². The van der Waals surface area contributed by atoms with Crippen LogP contribution in [0.2, 0.25) is 0 Å². The van der Waals surface area contributed by atoms with Crippen molar-refractivity contribution < 1.29 is 13.2 Å². The lowest BCUT2D eigenvalue weighted by atomic mass is 10.0. The maximum Gasteiger partial charge on any atom is 0.301 e. The molecule has 6 nitrogen and oxygen atoms in total. The van der Waals surface area contributed by atoms with Gasteiger partial charge in [-0.05, 0) is 37.4 Å². The monoisotopic (exact) mass is 299 g/mol. The first-order valence-electron chi connectivity index (χ1n) is 6.67. The van der Waals surface area contributed by atoms with Crippen LogP contribution in [0.15, 0.2) is 24.3 Å². The lowest BCUT2D eigenvalue weighted by Crippen LogP contribution is -2.44. The molecule has 1 aromatic carbocycles. The number of benzene rings is 1. The predicted octanol–water partition coefficient (Wildman–Crippen LogP) is 1.02. The van der Waals surface area contributed by atoms with Crippen LogP contribution < -0.4 is 15.2 Å². The predicted molar refractivity (Wildman–Crippen MR) is 78.9 cm³/mol. The van der Waals surface area contributed by atoms with Crippen molar-refractivity contribution in [3.8, 4) is 5.75 Å². The Bertz CT molecular complexity index is 548. The number of nitrogens with two attached hydrogens (primary N) is 1. The van der Waals surface area contributed by atoms with Crippen molar-refractivity contribution in [3.05, 3.63) is 24.3 Å². The summed E-state index contributed by atoms with van der Waals surface area (Å²) in [6.45, 7) is 1.54. The summed E-state index contributed by atoms with van der Waals surface area (Å²) in [5.74, 6) is 0.856. The summed E-state index contributed by atoms with van der Waals surface area (Å²) < 4.78 is 33.8. The van der Waals surface area contributed by atoms with E-state index in [1.807, 2.05) is 0 Å². The number of nitrogens with zero attached hydrogens (tertiary/aromatic N) is 1. The van der Waals surface area contributed by atoms with Crippen LogP contribution in [0.5, 0.6) is 5.75 Å². The second kappa shape index (κ2) is 6.43. The molecule has 1 aliphatic rings. The van der Waals surface area contributed by atoms with Crippen molar-refractivity contribution in [1.82, 2.24) is 4.31 Å². The van der Waals surface area contributed by atoms with E-state index in [1.165, 1.54) is 4.31 Å². The maximum absolute atomic E-state index is 12.3. The van der Waals surface area contributed by atoms with Gasteiger partial charge in [-0.1, -0.05) is 6.07 Å².